The van der Waals surface area contributed by atoms with E-state index in [-0.39, 0.29) is 5.78 Å². The molecule has 0 aromatic heterocycles. The predicted octanol–water partition coefficient (Wildman–Crippen LogP) is 4.99. The van der Waals surface area contributed by atoms with Crippen LogP contribution in [-0.4, -0.2) is 5.78 Å². The van der Waals surface area contributed by atoms with Crippen molar-refractivity contribution in [3.8, 4) is 5.75 Å². The molecule has 0 saturated carbocycles. The number of benzene rings is 2. The maximum absolute atomic E-state index is 11.6. The molecule has 0 bridgehead atoms. The standard InChI is InChI=1S/C15H12Br2O2/c1-10(18)13-7-6-12(16)8-15(13)19-9-11-4-2-3-5-14(11)17/h2-8H,9H2,1H3. The van der Waals surface area contributed by atoms with Crippen molar-refractivity contribution in [2.75, 3.05) is 0 Å². The van der Waals surface area contributed by atoms with Gasteiger partial charge in [-0.25, -0.2) is 0 Å². The van der Waals surface area contributed by atoms with Crippen LogP contribution in [0.4, 0.5) is 0 Å². The molecule has 0 heterocycles. The van der Waals surface area contributed by atoms with E-state index in [1.165, 1.54) is 6.92 Å². The van der Waals surface area contributed by atoms with Crippen LogP contribution in [-0.2, 0) is 6.61 Å². The molecular formula is C15H12Br2O2. The molecule has 4 heteroatoms. The Hall–Kier alpha value is -1.13. The fourth-order valence-corrected chi connectivity index (χ4v) is 2.42. The minimum atomic E-state index is -0.00497. The molecule has 98 valence electrons. The minimum absolute atomic E-state index is 0.00497. The van der Waals surface area contributed by atoms with Gasteiger partial charge in [-0.15, -0.1) is 0 Å². The van der Waals surface area contributed by atoms with Gasteiger partial charge in [0.25, 0.3) is 0 Å². The Morgan fingerprint density at radius 2 is 1.89 bits per heavy atom. The third-order valence-electron chi connectivity index (χ3n) is 2.66. The predicted molar refractivity (Wildman–Crippen MR) is 82.6 cm³/mol. The van der Waals surface area contributed by atoms with Crippen LogP contribution in [0.15, 0.2) is 51.4 Å². The van der Waals surface area contributed by atoms with E-state index in [1.54, 1.807) is 6.07 Å². The van der Waals surface area contributed by atoms with Crippen molar-refractivity contribution in [1.29, 1.82) is 0 Å². The van der Waals surface area contributed by atoms with Crippen LogP contribution in [0.25, 0.3) is 0 Å². The first-order valence-electron chi connectivity index (χ1n) is 5.74. The van der Waals surface area contributed by atoms with Gasteiger partial charge in [0.15, 0.2) is 5.78 Å². The van der Waals surface area contributed by atoms with Gasteiger partial charge in [-0.3, -0.25) is 4.79 Å². The van der Waals surface area contributed by atoms with E-state index in [4.69, 9.17) is 4.74 Å². The number of halogens is 2. The highest BCUT2D eigenvalue weighted by Gasteiger charge is 2.09. The van der Waals surface area contributed by atoms with Gasteiger partial charge in [-0.2, -0.15) is 0 Å². The highest BCUT2D eigenvalue weighted by molar-refractivity contribution is 9.10. The van der Waals surface area contributed by atoms with Gasteiger partial charge in [0, 0.05) is 14.5 Å². The Balaban J connectivity index is 2.22. The number of hydrogen-bond donors (Lipinski definition) is 0. The number of hydrogen-bond acceptors (Lipinski definition) is 2. The van der Waals surface area contributed by atoms with Crippen LogP contribution in [0.5, 0.6) is 5.75 Å². The zero-order valence-electron chi connectivity index (χ0n) is 10.3. The lowest BCUT2D eigenvalue weighted by atomic mass is 10.1. The topological polar surface area (TPSA) is 26.3 Å². The molecule has 0 aliphatic heterocycles. The molecule has 0 N–H and O–H groups in total. The second-order valence-corrected chi connectivity index (χ2v) is 5.85. The average Bonchev–Trinajstić information content (AvgIpc) is 2.37. The third kappa shape index (κ3) is 3.67. The summed E-state index contributed by atoms with van der Waals surface area (Å²) in [5, 5.41) is 0. The van der Waals surface area contributed by atoms with Gasteiger partial charge in [0.2, 0.25) is 0 Å². The molecule has 2 aromatic carbocycles. The molecule has 2 rings (SSSR count). The normalized spacial score (nSPS) is 10.3. The van der Waals surface area contributed by atoms with Crippen molar-refractivity contribution >= 4 is 37.6 Å². The summed E-state index contributed by atoms with van der Waals surface area (Å²) in [5.41, 5.74) is 1.63. The molecule has 0 spiro atoms. The van der Waals surface area contributed by atoms with Gasteiger partial charge in [0.1, 0.15) is 12.4 Å². The van der Waals surface area contributed by atoms with Gasteiger partial charge < -0.3 is 4.74 Å². The van der Waals surface area contributed by atoms with E-state index < -0.39 is 0 Å². The molecule has 0 radical (unpaired) electrons. The smallest absolute Gasteiger partial charge is 0.163 e. The summed E-state index contributed by atoms with van der Waals surface area (Å²) >= 11 is 6.86. The van der Waals surface area contributed by atoms with Gasteiger partial charge in [-0.05, 0) is 31.2 Å². The fraction of sp³-hybridized carbons (Fsp3) is 0.133. The van der Waals surface area contributed by atoms with Crippen molar-refractivity contribution in [3.05, 3.63) is 62.5 Å². The molecule has 0 aliphatic carbocycles. The monoisotopic (exact) mass is 382 g/mol. The van der Waals surface area contributed by atoms with Crippen LogP contribution < -0.4 is 4.74 Å². The molecule has 0 fully saturated rings. The van der Waals surface area contributed by atoms with E-state index in [1.807, 2.05) is 36.4 Å². The Kier molecular flexibility index (Phi) is 4.77. The van der Waals surface area contributed by atoms with Gasteiger partial charge in [-0.1, -0.05) is 50.1 Å². The average molecular weight is 384 g/mol. The van der Waals surface area contributed by atoms with E-state index in [9.17, 15) is 4.79 Å². The Morgan fingerprint density at radius 1 is 1.16 bits per heavy atom. The molecule has 0 aliphatic rings. The van der Waals surface area contributed by atoms with E-state index in [0.29, 0.717) is 17.9 Å². The largest absolute Gasteiger partial charge is 0.488 e. The van der Waals surface area contributed by atoms with Crippen LogP contribution in [0.2, 0.25) is 0 Å². The second kappa shape index (κ2) is 6.35. The van der Waals surface area contributed by atoms with Gasteiger partial charge in [0.05, 0.1) is 5.56 Å². The first kappa shape index (κ1) is 14.3. The highest BCUT2D eigenvalue weighted by Crippen LogP contribution is 2.26. The van der Waals surface area contributed by atoms with Crippen LogP contribution in [0, 0.1) is 0 Å². The first-order chi connectivity index (χ1) is 9.08. The zero-order valence-corrected chi connectivity index (χ0v) is 13.5. The highest BCUT2D eigenvalue weighted by atomic mass is 79.9. The lowest BCUT2D eigenvalue weighted by Gasteiger charge is -2.11. The summed E-state index contributed by atoms with van der Waals surface area (Å²) < 4.78 is 7.65. The SMILES string of the molecule is CC(=O)c1ccc(Br)cc1OCc1ccccc1Br. The van der Waals surface area contributed by atoms with Crippen LogP contribution >= 0.6 is 31.9 Å². The molecule has 2 aromatic rings. The number of ketones is 1. The Bertz CT molecular complexity index is 609. The molecule has 0 unspecified atom stereocenters. The van der Waals surface area contributed by atoms with Crippen molar-refractivity contribution < 1.29 is 9.53 Å². The maximum Gasteiger partial charge on any atom is 0.163 e. The molecular weight excluding hydrogens is 372 g/mol. The summed E-state index contributed by atoms with van der Waals surface area (Å²) in [5.74, 6) is 0.590. The lowest BCUT2D eigenvalue weighted by Crippen LogP contribution is -2.02. The number of carbonyl (C=O) groups excluding carboxylic acids is 1. The molecule has 0 atom stereocenters. The molecule has 19 heavy (non-hydrogen) atoms. The Labute approximate surface area is 129 Å². The Morgan fingerprint density at radius 3 is 2.58 bits per heavy atom. The van der Waals surface area contributed by atoms with Gasteiger partial charge >= 0.3 is 0 Å². The number of ether oxygens (including phenoxy) is 1. The summed E-state index contributed by atoms with van der Waals surface area (Å²) in [6.07, 6.45) is 0. The van der Waals surface area contributed by atoms with E-state index >= 15 is 0 Å². The third-order valence-corrected chi connectivity index (χ3v) is 3.93. The van der Waals surface area contributed by atoms with Crippen LogP contribution in [0.1, 0.15) is 22.8 Å². The number of rotatable bonds is 4. The molecule has 2 nitrogen and oxygen atoms in total. The lowest BCUT2D eigenvalue weighted by molar-refractivity contribution is 0.101. The fourth-order valence-electron chi connectivity index (χ4n) is 1.68. The van der Waals surface area contributed by atoms with Crippen molar-refractivity contribution in [2.24, 2.45) is 0 Å². The zero-order chi connectivity index (χ0) is 13.8. The summed E-state index contributed by atoms with van der Waals surface area (Å²) in [4.78, 5) is 11.6. The summed E-state index contributed by atoms with van der Waals surface area (Å²) in [7, 11) is 0. The van der Waals surface area contributed by atoms with Crippen molar-refractivity contribution in [1.82, 2.24) is 0 Å². The quantitative estimate of drug-likeness (QED) is 0.695. The van der Waals surface area contributed by atoms with Crippen molar-refractivity contribution in [2.45, 2.75) is 13.5 Å². The second-order valence-electron chi connectivity index (χ2n) is 4.08. The maximum atomic E-state index is 11.6. The van der Waals surface area contributed by atoms with Crippen LogP contribution in [0.3, 0.4) is 0 Å². The van der Waals surface area contributed by atoms with E-state index in [0.717, 1.165) is 14.5 Å². The van der Waals surface area contributed by atoms with Crippen molar-refractivity contribution in [3.63, 3.8) is 0 Å². The molecule has 0 amide bonds. The number of carbonyl (C=O) groups is 1. The summed E-state index contributed by atoms with van der Waals surface area (Å²) in [6, 6.07) is 13.3. The van der Waals surface area contributed by atoms with E-state index in [2.05, 4.69) is 31.9 Å². The summed E-state index contributed by atoms with van der Waals surface area (Å²) in [6.45, 7) is 1.95. The minimum Gasteiger partial charge on any atom is -0.488 e. The first-order valence-corrected chi connectivity index (χ1v) is 7.33. The molecule has 0 saturated heterocycles. The number of Topliss-reactive ketones (excluding diaryl/α,β-unsaturated/α-hetero) is 1.